The van der Waals surface area contributed by atoms with Crippen LogP contribution in [0.2, 0.25) is 0 Å². The lowest BCUT2D eigenvalue weighted by molar-refractivity contribution is -0.188. The van der Waals surface area contributed by atoms with E-state index in [1.54, 1.807) is 0 Å². The number of nitrogens with one attached hydrogen (secondary N) is 1. The van der Waals surface area contributed by atoms with E-state index in [1.807, 2.05) is 54.6 Å². The van der Waals surface area contributed by atoms with Crippen LogP contribution in [0.25, 0.3) is 0 Å². The van der Waals surface area contributed by atoms with E-state index in [1.165, 1.54) is 0 Å². The molecule has 1 saturated carbocycles. The number of piperidine rings is 1. The molecular weight excluding hydrogens is 463 g/mol. The molecule has 0 bridgehead atoms. The third kappa shape index (κ3) is 6.11. The molecule has 1 aliphatic carbocycles. The highest BCUT2D eigenvalue weighted by molar-refractivity contribution is 5.85. The molecule has 1 amide bonds. The number of halogens is 4. The molecule has 0 radical (unpaired) electrons. The predicted molar refractivity (Wildman–Crippen MR) is 127 cm³/mol. The molecule has 1 heterocycles. The van der Waals surface area contributed by atoms with Crippen molar-refractivity contribution in [1.82, 2.24) is 10.2 Å². The van der Waals surface area contributed by atoms with Gasteiger partial charge >= 0.3 is 12.1 Å². The maximum absolute atomic E-state index is 13.6. The van der Waals surface area contributed by atoms with Gasteiger partial charge in [0.05, 0.1) is 12.5 Å². The highest BCUT2D eigenvalue weighted by Gasteiger charge is 2.53. The second-order valence-corrected chi connectivity index (χ2v) is 9.33. The number of hydrogen-bond acceptors (Lipinski definition) is 3. The standard InChI is InChI=1S/C26H28F3N3O.ClH/c27-26(28,29)24(33)32(23-16-22(23)21-4-2-1-3-5-21)18-25(11-14-31-15-12-25)17-20-8-6-19(7-9-20)10-13-30;/h1-9,22-23,31H,10-12,14-18H2;1H/t22-,23+;/m0./s1. The van der Waals surface area contributed by atoms with Gasteiger partial charge in [-0.15, -0.1) is 12.4 Å². The van der Waals surface area contributed by atoms with Crippen LogP contribution in [0, 0.1) is 16.7 Å². The van der Waals surface area contributed by atoms with E-state index in [0.29, 0.717) is 45.2 Å². The SMILES string of the molecule is Cl.N#CCc1ccc(CC2(CN(C(=O)C(F)(F)F)[C@@H]3C[C@H]3c3ccccc3)CCNCC2)cc1. The Labute approximate surface area is 204 Å². The number of hydrogen-bond donors (Lipinski definition) is 1. The van der Waals surface area contributed by atoms with Gasteiger partial charge in [0.2, 0.25) is 0 Å². The van der Waals surface area contributed by atoms with Crippen molar-refractivity contribution in [2.75, 3.05) is 19.6 Å². The number of carbonyl (C=O) groups excluding carboxylic acids is 1. The first-order valence-corrected chi connectivity index (χ1v) is 11.4. The summed E-state index contributed by atoms with van der Waals surface area (Å²) >= 11 is 0. The van der Waals surface area contributed by atoms with Crippen molar-refractivity contribution < 1.29 is 18.0 Å². The summed E-state index contributed by atoms with van der Waals surface area (Å²) in [6.45, 7) is 1.53. The number of carbonyl (C=O) groups is 1. The second-order valence-electron chi connectivity index (χ2n) is 9.33. The van der Waals surface area contributed by atoms with Gasteiger partial charge in [-0.25, -0.2) is 0 Å². The quantitative estimate of drug-likeness (QED) is 0.590. The zero-order chi connectivity index (χ0) is 23.5. The minimum absolute atomic E-state index is 0. The fourth-order valence-electron chi connectivity index (χ4n) is 5.10. The Kier molecular flexibility index (Phi) is 8.27. The molecule has 4 rings (SSSR count). The van der Waals surface area contributed by atoms with Gasteiger partial charge in [-0.05, 0) is 60.9 Å². The summed E-state index contributed by atoms with van der Waals surface area (Å²) in [5, 5.41) is 12.2. The van der Waals surface area contributed by atoms with Crippen LogP contribution in [0.5, 0.6) is 0 Å². The Morgan fingerprint density at radius 3 is 2.26 bits per heavy atom. The van der Waals surface area contributed by atoms with Crippen LogP contribution in [0.3, 0.4) is 0 Å². The predicted octanol–water partition coefficient (Wildman–Crippen LogP) is 5.03. The average molecular weight is 492 g/mol. The number of nitriles is 1. The monoisotopic (exact) mass is 491 g/mol. The van der Waals surface area contributed by atoms with E-state index in [2.05, 4.69) is 11.4 Å². The molecule has 1 N–H and O–H groups in total. The van der Waals surface area contributed by atoms with Crippen LogP contribution in [-0.2, 0) is 17.6 Å². The van der Waals surface area contributed by atoms with E-state index in [-0.39, 0.29) is 24.9 Å². The van der Waals surface area contributed by atoms with Crippen LogP contribution in [0.15, 0.2) is 54.6 Å². The molecule has 34 heavy (non-hydrogen) atoms. The van der Waals surface area contributed by atoms with E-state index in [4.69, 9.17) is 5.26 Å². The minimum atomic E-state index is -4.89. The van der Waals surface area contributed by atoms with Gasteiger partial charge in [-0.1, -0.05) is 54.6 Å². The molecular formula is C26H29ClF3N3O. The zero-order valence-corrected chi connectivity index (χ0v) is 19.7. The van der Waals surface area contributed by atoms with E-state index >= 15 is 0 Å². The Morgan fingerprint density at radius 2 is 1.68 bits per heavy atom. The van der Waals surface area contributed by atoms with E-state index in [9.17, 15) is 18.0 Å². The van der Waals surface area contributed by atoms with Crippen molar-refractivity contribution in [2.45, 2.75) is 50.2 Å². The first-order chi connectivity index (χ1) is 15.8. The Hall–Kier alpha value is -2.56. The van der Waals surface area contributed by atoms with Crippen molar-refractivity contribution >= 4 is 18.3 Å². The van der Waals surface area contributed by atoms with E-state index in [0.717, 1.165) is 21.6 Å². The molecule has 2 aliphatic rings. The largest absolute Gasteiger partial charge is 0.471 e. The van der Waals surface area contributed by atoms with Gasteiger partial charge in [0.25, 0.3) is 0 Å². The Morgan fingerprint density at radius 1 is 1.06 bits per heavy atom. The summed E-state index contributed by atoms with van der Waals surface area (Å²) in [5.74, 6) is -1.78. The Balaban J connectivity index is 0.00000324. The van der Waals surface area contributed by atoms with Crippen LogP contribution in [-0.4, -0.2) is 42.7 Å². The van der Waals surface area contributed by atoms with E-state index < -0.39 is 23.5 Å². The third-order valence-corrected chi connectivity index (χ3v) is 6.94. The molecule has 0 unspecified atom stereocenters. The van der Waals surface area contributed by atoms with Crippen LogP contribution in [0.1, 0.15) is 41.9 Å². The maximum Gasteiger partial charge on any atom is 0.471 e. The van der Waals surface area contributed by atoms with Crippen LogP contribution < -0.4 is 5.32 Å². The van der Waals surface area contributed by atoms with Gasteiger partial charge < -0.3 is 10.2 Å². The molecule has 0 aromatic heterocycles. The third-order valence-electron chi connectivity index (χ3n) is 6.94. The highest BCUT2D eigenvalue weighted by Crippen LogP contribution is 2.48. The first kappa shape index (κ1) is 26.1. The summed E-state index contributed by atoms with van der Waals surface area (Å²) in [4.78, 5) is 13.7. The number of benzene rings is 2. The molecule has 2 aromatic rings. The number of rotatable bonds is 7. The number of nitrogens with zero attached hydrogens (tertiary/aromatic N) is 2. The summed E-state index contributed by atoms with van der Waals surface area (Å²) in [6.07, 6.45) is -1.99. The normalized spacial score (nSPS) is 21.1. The minimum Gasteiger partial charge on any atom is -0.331 e. The molecule has 1 saturated heterocycles. The molecule has 8 heteroatoms. The maximum atomic E-state index is 13.6. The average Bonchev–Trinajstić information content (AvgIpc) is 3.60. The molecule has 1 aliphatic heterocycles. The molecule has 2 aromatic carbocycles. The summed E-state index contributed by atoms with van der Waals surface area (Å²) < 4.78 is 40.8. The van der Waals surface area contributed by atoms with Crippen molar-refractivity contribution in [3.63, 3.8) is 0 Å². The Bertz CT molecular complexity index is 999. The lowest BCUT2D eigenvalue weighted by Gasteiger charge is -2.42. The molecule has 2 fully saturated rings. The van der Waals surface area contributed by atoms with Gasteiger partial charge in [0, 0.05) is 18.5 Å². The lowest BCUT2D eigenvalue weighted by Crippen LogP contribution is -2.51. The highest BCUT2D eigenvalue weighted by atomic mass is 35.5. The molecule has 182 valence electrons. The second kappa shape index (κ2) is 10.8. The molecule has 4 nitrogen and oxygen atoms in total. The fraction of sp³-hybridized carbons (Fsp3) is 0.462. The zero-order valence-electron chi connectivity index (χ0n) is 18.9. The van der Waals surface area contributed by atoms with Crippen molar-refractivity contribution in [3.8, 4) is 6.07 Å². The van der Waals surface area contributed by atoms with Gasteiger partial charge in [0.1, 0.15) is 0 Å². The molecule has 2 atom stereocenters. The smallest absolute Gasteiger partial charge is 0.331 e. The van der Waals surface area contributed by atoms with Crippen LogP contribution in [0.4, 0.5) is 13.2 Å². The summed E-state index contributed by atoms with van der Waals surface area (Å²) in [7, 11) is 0. The lowest BCUT2D eigenvalue weighted by atomic mass is 9.73. The van der Waals surface area contributed by atoms with Gasteiger partial charge in [-0.2, -0.15) is 18.4 Å². The number of alkyl halides is 3. The first-order valence-electron chi connectivity index (χ1n) is 11.4. The van der Waals surface area contributed by atoms with Crippen molar-refractivity contribution in [3.05, 3.63) is 71.3 Å². The van der Waals surface area contributed by atoms with Crippen molar-refractivity contribution in [1.29, 1.82) is 5.26 Å². The van der Waals surface area contributed by atoms with Crippen molar-refractivity contribution in [2.24, 2.45) is 5.41 Å². The summed E-state index contributed by atoms with van der Waals surface area (Å²) in [5.41, 5.74) is 2.49. The van der Waals surface area contributed by atoms with Gasteiger partial charge in [0.15, 0.2) is 0 Å². The topological polar surface area (TPSA) is 56.1 Å². The fourth-order valence-corrected chi connectivity index (χ4v) is 5.10. The van der Waals surface area contributed by atoms with Gasteiger partial charge in [-0.3, -0.25) is 4.79 Å². The summed E-state index contributed by atoms with van der Waals surface area (Å²) in [6, 6.07) is 18.9. The number of amides is 1. The van der Waals surface area contributed by atoms with Crippen LogP contribution >= 0.6 is 12.4 Å². The molecule has 0 spiro atoms.